The van der Waals surface area contributed by atoms with E-state index in [4.69, 9.17) is 4.74 Å². The minimum Gasteiger partial charge on any atom is -0.482 e. The number of carbonyl (C=O) groups is 2. The fourth-order valence-corrected chi connectivity index (χ4v) is 3.43. The maximum Gasteiger partial charge on any atom is 0.274 e. The zero-order valence-electron chi connectivity index (χ0n) is 14.8. The second-order valence-electron chi connectivity index (χ2n) is 6.21. The Morgan fingerprint density at radius 3 is 2.93 bits per heavy atom. The number of aryl methyl sites for hydroxylation is 1. The number of fused-ring (bicyclic) bond motifs is 2. The van der Waals surface area contributed by atoms with Gasteiger partial charge in [-0.25, -0.2) is 4.98 Å². The van der Waals surface area contributed by atoms with Crippen LogP contribution in [0.3, 0.4) is 0 Å². The third kappa shape index (κ3) is 3.06. The number of ether oxygens (including phenoxy) is 1. The van der Waals surface area contributed by atoms with Gasteiger partial charge in [-0.2, -0.15) is 0 Å². The van der Waals surface area contributed by atoms with Crippen LogP contribution in [-0.2, 0) is 11.2 Å². The van der Waals surface area contributed by atoms with Crippen molar-refractivity contribution in [3.63, 3.8) is 0 Å². The molecule has 2 amide bonds. The largest absolute Gasteiger partial charge is 0.482 e. The summed E-state index contributed by atoms with van der Waals surface area (Å²) < 4.78 is 8.05. The number of hydrogen-bond acceptors (Lipinski definition) is 4. The van der Waals surface area contributed by atoms with Crippen molar-refractivity contribution in [3.05, 3.63) is 52.4 Å². The number of nitrogens with one attached hydrogen (secondary N) is 1. The van der Waals surface area contributed by atoms with Gasteiger partial charge in [-0.3, -0.25) is 14.0 Å². The summed E-state index contributed by atoms with van der Waals surface area (Å²) in [5, 5.41) is 2.91. The Labute approximate surface area is 164 Å². The molecule has 0 unspecified atom stereocenters. The van der Waals surface area contributed by atoms with E-state index in [2.05, 4.69) is 26.2 Å². The molecule has 0 saturated heterocycles. The van der Waals surface area contributed by atoms with Gasteiger partial charge in [0.15, 0.2) is 6.61 Å². The highest BCUT2D eigenvalue weighted by molar-refractivity contribution is 9.10. The Balaban J connectivity index is 1.70. The first-order valence-corrected chi connectivity index (χ1v) is 9.28. The average molecular weight is 429 g/mol. The summed E-state index contributed by atoms with van der Waals surface area (Å²) in [5.74, 6) is 0.220. The summed E-state index contributed by atoms with van der Waals surface area (Å²) >= 11 is 3.44. The molecule has 1 aliphatic rings. The van der Waals surface area contributed by atoms with E-state index >= 15 is 0 Å². The van der Waals surface area contributed by atoms with Crippen molar-refractivity contribution < 1.29 is 14.3 Å². The lowest BCUT2D eigenvalue weighted by atomic mass is 10.2. The molecule has 4 rings (SSSR count). The Morgan fingerprint density at radius 2 is 2.15 bits per heavy atom. The predicted molar refractivity (Wildman–Crippen MR) is 106 cm³/mol. The number of nitrogens with zero attached hydrogens (tertiary/aromatic N) is 3. The fraction of sp³-hybridized carbons (Fsp3) is 0.211. The van der Waals surface area contributed by atoms with Crippen LogP contribution in [0.25, 0.3) is 5.65 Å². The molecule has 1 aromatic carbocycles. The summed E-state index contributed by atoms with van der Waals surface area (Å²) in [6.07, 6.45) is 2.46. The van der Waals surface area contributed by atoms with Gasteiger partial charge < -0.3 is 15.0 Å². The van der Waals surface area contributed by atoms with Gasteiger partial charge in [0.05, 0.1) is 11.4 Å². The number of amides is 2. The van der Waals surface area contributed by atoms with Gasteiger partial charge in [-0.05, 0) is 52.7 Å². The van der Waals surface area contributed by atoms with Crippen molar-refractivity contribution in [1.82, 2.24) is 9.38 Å². The van der Waals surface area contributed by atoms with Crippen LogP contribution in [0.15, 0.2) is 41.0 Å². The van der Waals surface area contributed by atoms with Gasteiger partial charge in [0.1, 0.15) is 17.1 Å². The Hall–Kier alpha value is -2.87. The maximum atomic E-state index is 13.0. The first kappa shape index (κ1) is 17.5. The number of hydrogen-bond donors (Lipinski definition) is 1. The highest BCUT2D eigenvalue weighted by Crippen LogP contribution is 2.33. The summed E-state index contributed by atoms with van der Waals surface area (Å²) in [5.41, 5.74) is 3.13. The molecule has 0 radical (unpaired) electrons. The predicted octanol–water partition coefficient (Wildman–Crippen LogP) is 3.27. The maximum absolute atomic E-state index is 13.0. The second kappa shape index (κ2) is 6.70. The molecule has 0 spiro atoms. The van der Waals surface area contributed by atoms with E-state index in [1.807, 2.05) is 25.3 Å². The first-order valence-electron chi connectivity index (χ1n) is 8.49. The quantitative estimate of drug-likeness (QED) is 0.694. The number of carbonyl (C=O) groups excluding carboxylic acids is 2. The van der Waals surface area contributed by atoms with Gasteiger partial charge in [-0.1, -0.05) is 6.92 Å². The van der Waals surface area contributed by atoms with Crippen LogP contribution in [0.4, 0.5) is 11.4 Å². The number of aromatic nitrogens is 2. The average Bonchev–Trinajstić information content (AvgIpc) is 3.03. The lowest BCUT2D eigenvalue weighted by molar-refractivity contribution is -0.120. The zero-order chi connectivity index (χ0) is 19.1. The summed E-state index contributed by atoms with van der Waals surface area (Å²) in [7, 11) is 1.69. The minimum absolute atomic E-state index is 0.0196. The molecule has 3 heterocycles. The van der Waals surface area contributed by atoms with Crippen LogP contribution < -0.4 is 15.0 Å². The van der Waals surface area contributed by atoms with E-state index < -0.39 is 0 Å². The lowest BCUT2D eigenvalue weighted by Gasteiger charge is -2.26. The van der Waals surface area contributed by atoms with Gasteiger partial charge >= 0.3 is 0 Å². The minimum atomic E-state index is -0.261. The number of anilines is 2. The van der Waals surface area contributed by atoms with E-state index in [1.165, 1.54) is 4.90 Å². The number of rotatable bonds is 3. The van der Waals surface area contributed by atoms with Crippen LogP contribution in [0.5, 0.6) is 5.75 Å². The Morgan fingerprint density at radius 1 is 1.33 bits per heavy atom. The fourth-order valence-electron chi connectivity index (χ4n) is 3.09. The number of likely N-dealkylation sites (N-methyl/N-ethyl adjacent to an activating group) is 1. The number of benzene rings is 1. The summed E-state index contributed by atoms with van der Waals surface area (Å²) in [6.45, 7) is 1.98. The zero-order valence-corrected chi connectivity index (χ0v) is 16.4. The molecule has 0 fully saturated rings. The Kier molecular flexibility index (Phi) is 4.35. The van der Waals surface area contributed by atoms with Crippen molar-refractivity contribution in [2.45, 2.75) is 13.3 Å². The Bertz CT molecular complexity index is 1080. The number of imidazole rings is 1. The smallest absolute Gasteiger partial charge is 0.274 e. The molecule has 0 bridgehead atoms. The molecule has 138 valence electrons. The molecule has 3 aromatic rings. The van der Waals surface area contributed by atoms with Crippen LogP contribution in [0.2, 0.25) is 0 Å². The topological polar surface area (TPSA) is 75.9 Å². The van der Waals surface area contributed by atoms with Gasteiger partial charge in [-0.15, -0.1) is 0 Å². The van der Waals surface area contributed by atoms with Gasteiger partial charge in [0.25, 0.3) is 11.8 Å². The van der Waals surface area contributed by atoms with E-state index in [1.54, 1.807) is 29.6 Å². The van der Waals surface area contributed by atoms with Crippen molar-refractivity contribution in [3.8, 4) is 5.75 Å². The van der Waals surface area contributed by atoms with Crippen molar-refractivity contribution in [2.75, 3.05) is 23.9 Å². The van der Waals surface area contributed by atoms with Crippen LogP contribution in [0, 0.1) is 0 Å². The summed E-state index contributed by atoms with van der Waals surface area (Å²) in [4.78, 5) is 30.9. The van der Waals surface area contributed by atoms with Crippen LogP contribution >= 0.6 is 15.9 Å². The third-order valence-electron chi connectivity index (χ3n) is 4.51. The molecule has 1 aliphatic heterocycles. The second-order valence-corrected chi connectivity index (χ2v) is 7.13. The molecular weight excluding hydrogens is 412 g/mol. The molecule has 7 nitrogen and oxygen atoms in total. The third-order valence-corrected chi connectivity index (χ3v) is 4.98. The van der Waals surface area contributed by atoms with E-state index in [0.717, 1.165) is 10.2 Å². The van der Waals surface area contributed by atoms with E-state index in [9.17, 15) is 9.59 Å². The molecule has 2 aromatic heterocycles. The molecule has 0 aliphatic carbocycles. The standard InChI is InChI=1S/C19H17BrN4O3/c1-3-13-18(24-9-11(20)4-7-16(24)22-13)19(26)21-12-5-6-15-14(8-12)23(2)17(25)10-27-15/h4-9H,3,10H2,1-2H3,(H,21,26). The van der Waals surface area contributed by atoms with Crippen molar-refractivity contribution in [1.29, 1.82) is 0 Å². The number of pyridine rings is 1. The molecule has 0 atom stereocenters. The highest BCUT2D eigenvalue weighted by atomic mass is 79.9. The van der Waals surface area contributed by atoms with Crippen molar-refractivity contribution in [2.24, 2.45) is 0 Å². The molecule has 1 N–H and O–H groups in total. The normalized spacial score (nSPS) is 13.4. The SMILES string of the molecule is CCc1nc2ccc(Br)cn2c1C(=O)Nc1ccc2c(c1)N(C)C(=O)CO2. The first-order chi connectivity index (χ1) is 13.0. The van der Waals surface area contributed by atoms with Crippen LogP contribution in [-0.4, -0.2) is 34.9 Å². The molecule has 27 heavy (non-hydrogen) atoms. The monoisotopic (exact) mass is 428 g/mol. The molecule has 8 heteroatoms. The van der Waals surface area contributed by atoms with Gasteiger partial charge in [0, 0.05) is 23.4 Å². The highest BCUT2D eigenvalue weighted by Gasteiger charge is 2.23. The molecule has 0 saturated carbocycles. The van der Waals surface area contributed by atoms with Gasteiger partial charge in [0.2, 0.25) is 0 Å². The molecular formula is C19H17BrN4O3. The van der Waals surface area contributed by atoms with E-state index in [-0.39, 0.29) is 18.4 Å². The summed E-state index contributed by atoms with van der Waals surface area (Å²) in [6, 6.07) is 8.98. The van der Waals surface area contributed by atoms with Crippen LogP contribution in [0.1, 0.15) is 23.1 Å². The van der Waals surface area contributed by atoms with E-state index in [0.29, 0.717) is 34.9 Å². The number of halogens is 1. The lowest BCUT2D eigenvalue weighted by Crippen LogP contribution is -2.35. The van der Waals surface area contributed by atoms with Crippen molar-refractivity contribution >= 4 is 44.8 Å².